The third-order valence-corrected chi connectivity index (χ3v) is 16.2. The molecule has 0 amide bonds. The Kier molecular flexibility index (Phi) is 10.6. The van der Waals surface area contributed by atoms with Gasteiger partial charge in [0.1, 0.15) is 54.9 Å². The van der Waals surface area contributed by atoms with Crippen molar-refractivity contribution in [2.45, 2.75) is 171 Å². The third-order valence-electron chi connectivity index (χ3n) is 16.2. The summed E-state index contributed by atoms with van der Waals surface area (Å²) in [6.45, 7) is 8.73. The summed E-state index contributed by atoms with van der Waals surface area (Å²) in [4.78, 5) is 0. The maximum atomic E-state index is 11.2. The van der Waals surface area contributed by atoms with E-state index in [1.807, 2.05) is 0 Å². The largest absolute Gasteiger partial charge is 0.394 e. The summed E-state index contributed by atoms with van der Waals surface area (Å²) in [5.74, 6) is 2.05. The van der Waals surface area contributed by atoms with Gasteiger partial charge >= 0.3 is 0 Å². The average Bonchev–Trinajstić information content (AvgIpc) is 3.59. The van der Waals surface area contributed by atoms with E-state index in [-0.39, 0.29) is 29.0 Å². The zero-order valence-corrected chi connectivity index (χ0v) is 31.6. The SMILES string of the molecule is C[C@@H]1CO[C@]2(O[C@@H]3C[C@@H]4[C@H]5CC[C@@H]6C[C@H](O[C@H]7O[C@@H](CO)[C@@H](O)[C@@H](O)[C@@H]7O[C@H]7O[C@@H](CO)[C@H](O)[C@@H](O)[C@@H]7O)CC[C@@]6(C)[C@@H]5CC[C@@]4(C)[C@@H]3[C@H]2C)[C@H](O)C1. The van der Waals surface area contributed by atoms with E-state index in [4.69, 9.17) is 28.4 Å². The van der Waals surface area contributed by atoms with Gasteiger partial charge in [-0.1, -0.05) is 27.7 Å². The van der Waals surface area contributed by atoms with Crippen LogP contribution < -0.4 is 0 Å². The molecule has 1 spiro atoms. The minimum absolute atomic E-state index is 0.0988. The molecular formula is C39H64O14. The first kappa shape index (κ1) is 39.3. The van der Waals surface area contributed by atoms with E-state index in [0.717, 1.165) is 51.4 Å². The van der Waals surface area contributed by atoms with Crippen LogP contribution >= 0.6 is 0 Å². The number of hydrogen-bond acceptors (Lipinski definition) is 14. The molecular weight excluding hydrogens is 692 g/mol. The standard InChI is InChI=1S/C39H64O14/c1-17-11-27(42)39(48-16-17)18(2)28-24(53-39)13-23-21-6-5-19-12-20(7-9-37(19,3)22(21)8-10-38(23,28)4)49-36-34(32(46)30(44)26(15-41)51-36)52-35-33(47)31(45)29(43)25(14-40)50-35/h17-36,40-47H,5-16H2,1-4H3/t17-,18+,19+,20+,21-,22+,23+,24+,25-,26-,27+,28+,29-,30+,31+,32+,33-,34-,35+,36-,37+,38+,39+/m0/s1. The summed E-state index contributed by atoms with van der Waals surface area (Å²) in [5, 5.41) is 83.9. The second kappa shape index (κ2) is 14.4. The van der Waals surface area contributed by atoms with Gasteiger partial charge < -0.3 is 69.3 Å². The van der Waals surface area contributed by atoms with Crippen molar-refractivity contribution in [3.05, 3.63) is 0 Å². The molecule has 14 heteroatoms. The Bertz CT molecular complexity index is 1310. The molecule has 8 fully saturated rings. The molecule has 14 nitrogen and oxygen atoms in total. The smallest absolute Gasteiger partial charge is 0.197 e. The van der Waals surface area contributed by atoms with Crippen molar-refractivity contribution < 1.29 is 69.3 Å². The van der Waals surface area contributed by atoms with Gasteiger partial charge in [-0.15, -0.1) is 0 Å². The normalized spacial score (nSPS) is 59.5. The Hall–Kier alpha value is -0.560. The molecule has 4 saturated carbocycles. The van der Waals surface area contributed by atoms with E-state index in [1.165, 1.54) is 0 Å². The number of ether oxygens (including phenoxy) is 6. The van der Waals surface area contributed by atoms with Crippen molar-refractivity contribution in [3.63, 3.8) is 0 Å². The molecule has 0 bridgehead atoms. The number of rotatable bonds is 6. The molecule has 23 atom stereocenters. The van der Waals surface area contributed by atoms with Crippen molar-refractivity contribution in [3.8, 4) is 0 Å². The van der Waals surface area contributed by atoms with Crippen LogP contribution in [-0.4, -0.2) is 146 Å². The summed E-state index contributed by atoms with van der Waals surface area (Å²) >= 11 is 0. The van der Waals surface area contributed by atoms with E-state index < -0.39 is 86.5 Å². The molecule has 4 heterocycles. The number of fused-ring (bicyclic) bond motifs is 7. The molecule has 53 heavy (non-hydrogen) atoms. The highest BCUT2D eigenvalue weighted by Crippen LogP contribution is 2.71. The molecule has 8 N–H and O–H groups in total. The van der Waals surface area contributed by atoms with E-state index in [9.17, 15) is 40.9 Å². The molecule has 4 aliphatic heterocycles. The first-order chi connectivity index (χ1) is 25.2. The maximum absolute atomic E-state index is 11.2. The molecule has 8 aliphatic rings. The Morgan fingerprint density at radius 1 is 0.679 bits per heavy atom. The lowest BCUT2D eigenvalue weighted by Gasteiger charge is -2.61. The second-order valence-electron chi connectivity index (χ2n) is 18.8. The Morgan fingerprint density at radius 3 is 2.06 bits per heavy atom. The summed E-state index contributed by atoms with van der Waals surface area (Å²) in [7, 11) is 0. The molecule has 8 rings (SSSR count). The summed E-state index contributed by atoms with van der Waals surface area (Å²) in [5.41, 5.74) is 0.255. The van der Waals surface area contributed by atoms with E-state index in [0.29, 0.717) is 48.5 Å². The van der Waals surface area contributed by atoms with Gasteiger partial charge in [0, 0.05) is 5.92 Å². The molecule has 304 valence electrons. The molecule has 4 aliphatic carbocycles. The molecule has 0 unspecified atom stereocenters. The van der Waals surface area contributed by atoms with Crippen molar-refractivity contribution in [1.29, 1.82) is 0 Å². The highest BCUT2D eigenvalue weighted by molar-refractivity contribution is 5.16. The van der Waals surface area contributed by atoms with Crippen molar-refractivity contribution >= 4 is 0 Å². The van der Waals surface area contributed by atoms with Crippen LogP contribution in [-0.2, 0) is 28.4 Å². The zero-order chi connectivity index (χ0) is 37.8. The highest BCUT2D eigenvalue weighted by atomic mass is 16.8. The first-order valence-corrected chi connectivity index (χ1v) is 20.4. The summed E-state index contributed by atoms with van der Waals surface area (Å²) < 4.78 is 37.2. The van der Waals surface area contributed by atoms with Gasteiger partial charge in [-0.2, -0.15) is 0 Å². The fourth-order valence-corrected chi connectivity index (χ4v) is 13.3. The predicted octanol–water partition coefficient (Wildman–Crippen LogP) is 0.413. The minimum Gasteiger partial charge on any atom is -0.394 e. The number of hydrogen-bond donors (Lipinski definition) is 8. The fourth-order valence-electron chi connectivity index (χ4n) is 13.3. The van der Waals surface area contributed by atoms with Crippen LogP contribution in [0.25, 0.3) is 0 Å². The quantitative estimate of drug-likeness (QED) is 0.173. The van der Waals surface area contributed by atoms with Crippen LogP contribution in [0.2, 0.25) is 0 Å². The monoisotopic (exact) mass is 756 g/mol. The Morgan fingerprint density at radius 2 is 1.36 bits per heavy atom. The third kappa shape index (κ3) is 6.11. The predicted molar refractivity (Wildman–Crippen MR) is 184 cm³/mol. The highest BCUT2D eigenvalue weighted by Gasteiger charge is 2.71. The van der Waals surface area contributed by atoms with Gasteiger partial charge in [-0.05, 0) is 104 Å². The van der Waals surface area contributed by atoms with Crippen LogP contribution in [0.5, 0.6) is 0 Å². The molecule has 0 radical (unpaired) electrons. The van der Waals surface area contributed by atoms with E-state index in [2.05, 4.69) is 27.7 Å². The van der Waals surface area contributed by atoms with Gasteiger partial charge in [0.25, 0.3) is 0 Å². The lowest BCUT2D eigenvalue weighted by molar-refractivity contribution is -0.373. The maximum Gasteiger partial charge on any atom is 0.197 e. The lowest BCUT2D eigenvalue weighted by atomic mass is 9.44. The lowest BCUT2D eigenvalue weighted by Crippen LogP contribution is -2.65. The van der Waals surface area contributed by atoms with Crippen LogP contribution in [0.4, 0.5) is 0 Å². The molecule has 0 aromatic rings. The fraction of sp³-hybridized carbons (Fsp3) is 1.00. The van der Waals surface area contributed by atoms with E-state index in [1.54, 1.807) is 0 Å². The zero-order valence-electron chi connectivity index (χ0n) is 31.6. The van der Waals surface area contributed by atoms with Gasteiger partial charge in [-0.25, -0.2) is 0 Å². The van der Waals surface area contributed by atoms with Crippen molar-refractivity contribution in [2.24, 2.45) is 52.3 Å². The van der Waals surface area contributed by atoms with Crippen LogP contribution in [0.3, 0.4) is 0 Å². The van der Waals surface area contributed by atoms with Crippen LogP contribution in [0.15, 0.2) is 0 Å². The Balaban J connectivity index is 0.945. The van der Waals surface area contributed by atoms with Gasteiger partial charge in [-0.3, -0.25) is 0 Å². The number of aliphatic hydroxyl groups excluding tert-OH is 8. The number of aliphatic hydroxyl groups is 8. The Labute approximate surface area is 312 Å². The van der Waals surface area contributed by atoms with E-state index >= 15 is 0 Å². The van der Waals surface area contributed by atoms with Gasteiger partial charge in [0.05, 0.1) is 32.0 Å². The first-order valence-electron chi connectivity index (χ1n) is 20.4. The molecule has 0 aromatic heterocycles. The summed E-state index contributed by atoms with van der Waals surface area (Å²) in [6, 6.07) is 0. The van der Waals surface area contributed by atoms with Crippen molar-refractivity contribution in [2.75, 3.05) is 19.8 Å². The van der Waals surface area contributed by atoms with Crippen LogP contribution in [0, 0.1) is 52.3 Å². The van der Waals surface area contributed by atoms with Crippen LogP contribution in [0.1, 0.15) is 85.5 Å². The average molecular weight is 757 g/mol. The molecule has 4 saturated heterocycles. The summed E-state index contributed by atoms with van der Waals surface area (Å²) in [6.07, 6.45) is -6.75. The minimum atomic E-state index is -1.72. The second-order valence-corrected chi connectivity index (χ2v) is 18.8. The molecule has 0 aromatic carbocycles. The topological polar surface area (TPSA) is 217 Å². The van der Waals surface area contributed by atoms with Gasteiger partial charge in [0.2, 0.25) is 0 Å². The van der Waals surface area contributed by atoms with Gasteiger partial charge in [0.15, 0.2) is 18.4 Å². The van der Waals surface area contributed by atoms with Crippen molar-refractivity contribution in [1.82, 2.24) is 0 Å².